The fraction of sp³-hybridized carbons (Fsp3) is 0.381. The van der Waals surface area contributed by atoms with Crippen LogP contribution in [0.3, 0.4) is 0 Å². The van der Waals surface area contributed by atoms with Crippen molar-refractivity contribution in [3.05, 3.63) is 54.2 Å². The molecule has 3 heterocycles. The maximum atomic E-state index is 12.1. The van der Waals surface area contributed by atoms with E-state index in [1.807, 2.05) is 68.8 Å². The predicted octanol–water partition coefficient (Wildman–Crippen LogP) is 4.22. The smallest absolute Gasteiger partial charge is 0.408 e. The van der Waals surface area contributed by atoms with Gasteiger partial charge in [0.15, 0.2) is 0 Å². The Morgan fingerprint density at radius 2 is 1.89 bits per heavy atom. The van der Waals surface area contributed by atoms with Gasteiger partial charge in [-0.15, -0.1) is 0 Å². The van der Waals surface area contributed by atoms with E-state index in [0.717, 1.165) is 41.0 Å². The second kappa shape index (κ2) is 6.08. The lowest BCUT2D eigenvalue weighted by atomic mass is 10.1. The summed E-state index contributed by atoms with van der Waals surface area (Å²) in [6.45, 7) is 7.56. The van der Waals surface area contributed by atoms with Crippen molar-refractivity contribution in [3.8, 4) is 11.1 Å². The summed E-state index contributed by atoms with van der Waals surface area (Å²) >= 11 is 0. The van der Waals surface area contributed by atoms with E-state index in [2.05, 4.69) is 21.5 Å². The molecule has 140 valence electrons. The number of rotatable bonds is 3. The summed E-state index contributed by atoms with van der Waals surface area (Å²) in [4.78, 5) is 21.2. The molecule has 3 aromatic heterocycles. The number of amides is 1. The Kier molecular flexibility index (Phi) is 3.94. The highest BCUT2D eigenvalue weighted by atomic mass is 16.6. The third kappa shape index (κ3) is 3.65. The first kappa shape index (κ1) is 17.5. The van der Waals surface area contributed by atoms with Crippen molar-refractivity contribution < 1.29 is 9.53 Å². The normalized spacial score (nSPS) is 15.6. The fourth-order valence-corrected chi connectivity index (χ4v) is 3.21. The van der Waals surface area contributed by atoms with Gasteiger partial charge < -0.3 is 14.5 Å². The molecule has 6 nitrogen and oxygen atoms in total. The van der Waals surface area contributed by atoms with Crippen LogP contribution in [0.1, 0.15) is 45.0 Å². The van der Waals surface area contributed by atoms with Gasteiger partial charge in [0.05, 0.1) is 16.9 Å². The van der Waals surface area contributed by atoms with Gasteiger partial charge in [-0.3, -0.25) is 4.98 Å². The van der Waals surface area contributed by atoms with Gasteiger partial charge >= 0.3 is 6.09 Å². The van der Waals surface area contributed by atoms with Crippen LogP contribution in [0.4, 0.5) is 4.79 Å². The number of hydrogen-bond donors (Lipinski definition) is 1. The third-order valence-corrected chi connectivity index (χ3v) is 4.65. The number of hydrogen-bond acceptors (Lipinski definition) is 4. The summed E-state index contributed by atoms with van der Waals surface area (Å²) in [7, 11) is 0. The van der Waals surface area contributed by atoms with Crippen LogP contribution < -0.4 is 5.32 Å². The maximum Gasteiger partial charge on any atom is 0.408 e. The lowest BCUT2D eigenvalue weighted by molar-refractivity contribution is 0.0494. The molecule has 0 unspecified atom stereocenters. The first-order chi connectivity index (χ1) is 12.7. The van der Waals surface area contributed by atoms with Crippen molar-refractivity contribution in [2.45, 2.75) is 51.7 Å². The highest BCUT2D eigenvalue weighted by molar-refractivity contribution is 5.70. The van der Waals surface area contributed by atoms with Crippen molar-refractivity contribution in [3.63, 3.8) is 0 Å². The molecule has 0 radical (unpaired) electrons. The van der Waals surface area contributed by atoms with E-state index in [4.69, 9.17) is 4.74 Å². The fourth-order valence-electron chi connectivity index (χ4n) is 3.21. The quantitative estimate of drug-likeness (QED) is 0.755. The molecule has 0 atom stereocenters. The second-order valence-corrected chi connectivity index (χ2v) is 8.21. The Labute approximate surface area is 158 Å². The summed E-state index contributed by atoms with van der Waals surface area (Å²) in [6.07, 6.45) is 7.27. The van der Waals surface area contributed by atoms with Crippen LogP contribution >= 0.6 is 0 Å². The minimum Gasteiger partial charge on any atom is -0.444 e. The highest BCUT2D eigenvalue weighted by Crippen LogP contribution is 2.45. The maximum absolute atomic E-state index is 12.1. The molecular weight excluding hydrogens is 340 g/mol. The first-order valence-corrected chi connectivity index (χ1v) is 9.18. The molecule has 6 heteroatoms. The van der Waals surface area contributed by atoms with Crippen LogP contribution in [0.25, 0.3) is 16.8 Å². The number of carbonyl (C=O) groups excluding carboxylic acids is 1. The van der Waals surface area contributed by atoms with Crippen molar-refractivity contribution in [1.29, 1.82) is 0 Å². The van der Waals surface area contributed by atoms with Crippen LogP contribution in [-0.2, 0) is 10.3 Å². The summed E-state index contributed by atoms with van der Waals surface area (Å²) < 4.78 is 7.40. The van der Waals surface area contributed by atoms with Gasteiger partial charge in [-0.2, -0.15) is 0 Å². The van der Waals surface area contributed by atoms with E-state index in [0.29, 0.717) is 0 Å². The van der Waals surface area contributed by atoms with E-state index < -0.39 is 17.2 Å². The number of pyridine rings is 2. The molecule has 1 N–H and O–H groups in total. The molecule has 1 aliphatic carbocycles. The molecule has 1 saturated carbocycles. The van der Waals surface area contributed by atoms with Crippen molar-refractivity contribution >= 4 is 11.7 Å². The zero-order valence-corrected chi connectivity index (χ0v) is 16.1. The minimum atomic E-state index is -0.512. The van der Waals surface area contributed by atoms with Gasteiger partial charge in [0.25, 0.3) is 0 Å². The lowest BCUT2D eigenvalue weighted by Crippen LogP contribution is -2.39. The van der Waals surface area contributed by atoms with Crippen LogP contribution in [0.5, 0.6) is 0 Å². The van der Waals surface area contributed by atoms with E-state index in [1.165, 1.54) is 0 Å². The van der Waals surface area contributed by atoms with Crippen LogP contribution in [0.15, 0.2) is 42.9 Å². The van der Waals surface area contributed by atoms with E-state index >= 15 is 0 Å². The Morgan fingerprint density at radius 1 is 1.15 bits per heavy atom. The van der Waals surface area contributed by atoms with Crippen molar-refractivity contribution in [2.24, 2.45) is 0 Å². The number of aromatic nitrogens is 3. The third-order valence-electron chi connectivity index (χ3n) is 4.65. The summed E-state index contributed by atoms with van der Waals surface area (Å²) in [5, 5.41) is 2.99. The summed E-state index contributed by atoms with van der Waals surface area (Å²) in [5.74, 6) is 0. The van der Waals surface area contributed by atoms with Crippen molar-refractivity contribution in [2.75, 3.05) is 0 Å². The molecule has 0 aliphatic heterocycles. The standard InChI is InChI=1S/C21H24N4O2/c1-14-12-25-13-16(6-8-18(25)23-14)15-5-7-17(22-11-15)21(9-10-21)24-19(26)27-20(2,3)4/h5-8,11-13H,9-10H2,1-4H3,(H,24,26). The number of nitrogens with zero attached hydrogens (tertiary/aromatic N) is 3. The first-order valence-electron chi connectivity index (χ1n) is 9.18. The Morgan fingerprint density at radius 3 is 2.52 bits per heavy atom. The van der Waals surface area contributed by atoms with Gasteiger partial charge in [-0.05, 0) is 64.3 Å². The van der Waals surface area contributed by atoms with Crippen LogP contribution in [-0.4, -0.2) is 26.1 Å². The largest absolute Gasteiger partial charge is 0.444 e. The molecule has 1 aliphatic rings. The number of imidazole rings is 1. The molecule has 4 rings (SSSR count). The average Bonchev–Trinajstić information content (AvgIpc) is 3.25. The van der Waals surface area contributed by atoms with Crippen LogP contribution in [0, 0.1) is 6.92 Å². The zero-order chi connectivity index (χ0) is 19.2. The molecular formula is C21H24N4O2. The Balaban J connectivity index is 1.53. The van der Waals surface area contributed by atoms with Gasteiger partial charge in [0.2, 0.25) is 0 Å². The van der Waals surface area contributed by atoms with E-state index in [-0.39, 0.29) is 0 Å². The summed E-state index contributed by atoms with van der Waals surface area (Å²) in [5.41, 5.74) is 3.98. The van der Waals surface area contributed by atoms with Gasteiger partial charge in [0.1, 0.15) is 11.2 Å². The number of carbonyl (C=O) groups is 1. The molecule has 0 saturated heterocycles. The molecule has 0 aromatic carbocycles. The minimum absolute atomic E-state index is 0.396. The Bertz CT molecular complexity index is 995. The number of ether oxygens (including phenoxy) is 1. The number of alkyl carbamates (subject to hydrolysis) is 1. The topological polar surface area (TPSA) is 68.5 Å². The summed E-state index contributed by atoms with van der Waals surface area (Å²) in [6, 6.07) is 8.08. The van der Waals surface area contributed by atoms with Gasteiger partial charge in [-0.1, -0.05) is 6.07 Å². The zero-order valence-electron chi connectivity index (χ0n) is 16.1. The van der Waals surface area contributed by atoms with Gasteiger partial charge in [-0.25, -0.2) is 9.78 Å². The molecule has 0 bridgehead atoms. The Hall–Kier alpha value is -2.89. The number of aryl methyl sites for hydroxylation is 1. The molecule has 1 amide bonds. The van der Waals surface area contributed by atoms with Crippen molar-refractivity contribution in [1.82, 2.24) is 19.7 Å². The second-order valence-electron chi connectivity index (χ2n) is 8.21. The molecule has 1 fully saturated rings. The number of fused-ring (bicyclic) bond motifs is 1. The predicted molar refractivity (Wildman–Crippen MR) is 103 cm³/mol. The lowest BCUT2D eigenvalue weighted by Gasteiger charge is -2.23. The van der Waals surface area contributed by atoms with Gasteiger partial charge in [0, 0.05) is 24.2 Å². The van der Waals surface area contributed by atoms with E-state index in [9.17, 15) is 4.79 Å². The average molecular weight is 364 g/mol. The molecule has 27 heavy (non-hydrogen) atoms. The molecule has 3 aromatic rings. The SMILES string of the molecule is Cc1cn2cc(-c3ccc(C4(NC(=O)OC(C)(C)C)CC4)nc3)ccc2n1. The van der Waals surface area contributed by atoms with E-state index in [1.54, 1.807) is 0 Å². The monoisotopic (exact) mass is 364 g/mol. The van der Waals surface area contributed by atoms with Crippen LogP contribution in [0.2, 0.25) is 0 Å². The molecule has 0 spiro atoms. The number of nitrogens with one attached hydrogen (secondary N) is 1. The highest BCUT2D eigenvalue weighted by Gasteiger charge is 2.47.